The second-order valence-electron chi connectivity index (χ2n) is 4.91. The molecular weight excluding hydrogens is 256 g/mol. The molecule has 0 aliphatic carbocycles. The topological polar surface area (TPSA) is 69.6 Å². The maximum atomic E-state index is 12.3. The third-order valence-electron chi connectivity index (χ3n) is 2.96. The predicted octanol–water partition coefficient (Wildman–Crippen LogP) is 1.66. The quantitative estimate of drug-likeness (QED) is 0.831. The third kappa shape index (κ3) is 4.91. The van der Waals surface area contributed by atoms with E-state index in [0.717, 1.165) is 12.0 Å². The number of aromatic hydroxyl groups is 1. The first-order valence-corrected chi connectivity index (χ1v) is 6.74. The Kier molecular flexibility index (Phi) is 6.03. The summed E-state index contributed by atoms with van der Waals surface area (Å²) in [5.41, 5.74) is 0.846. The Labute approximate surface area is 119 Å². The average Bonchev–Trinajstić information content (AvgIpc) is 2.36. The fourth-order valence-corrected chi connectivity index (χ4v) is 2.06. The zero-order chi connectivity index (χ0) is 15.1. The van der Waals surface area contributed by atoms with Crippen LogP contribution in [0.25, 0.3) is 0 Å². The van der Waals surface area contributed by atoms with Crippen molar-refractivity contribution >= 4 is 11.8 Å². The molecule has 0 saturated carbocycles. The van der Waals surface area contributed by atoms with E-state index in [9.17, 15) is 14.7 Å². The summed E-state index contributed by atoms with van der Waals surface area (Å²) in [6.45, 7) is 3.77. The Bertz CT molecular complexity index is 474. The lowest BCUT2D eigenvalue weighted by atomic mass is 10.1. The van der Waals surface area contributed by atoms with Crippen LogP contribution < -0.4 is 5.32 Å². The van der Waals surface area contributed by atoms with Crippen LogP contribution >= 0.6 is 0 Å². The van der Waals surface area contributed by atoms with Gasteiger partial charge in [-0.1, -0.05) is 25.5 Å². The molecule has 0 saturated heterocycles. The summed E-state index contributed by atoms with van der Waals surface area (Å²) in [6, 6.07) is 6.30. The van der Waals surface area contributed by atoms with E-state index in [-0.39, 0.29) is 17.6 Å². The molecule has 0 radical (unpaired) electrons. The molecule has 2 N–H and O–H groups in total. The number of likely N-dealkylation sites (N-methyl/N-ethyl adjacent to an activating group) is 1. The Hall–Kier alpha value is -2.04. The minimum absolute atomic E-state index is 0.120. The minimum Gasteiger partial charge on any atom is -0.508 e. The van der Waals surface area contributed by atoms with Crippen molar-refractivity contribution in [2.24, 2.45) is 0 Å². The van der Waals surface area contributed by atoms with Crippen LogP contribution in [0.3, 0.4) is 0 Å². The van der Waals surface area contributed by atoms with Gasteiger partial charge in [-0.2, -0.15) is 0 Å². The van der Waals surface area contributed by atoms with E-state index in [1.54, 1.807) is 30.1 Å². The van der Waals surface area contributed by atoms with Crippen LogP contribution in [-0.2, 0) is 16.1 Å². The van der Waals surface area contributed by atoms with E-state index in [2.05, 4.69) is 5.32 Å². The maximum absolute atomic E-state index is 12.3. The number of benzene rings is 1. The van der Waals surface area contributed by atoms with Gasteiger partial charge in [-0.25, -0.2) is 0 Å². The zero-order valence-corrected chi connectivity index (χ0v) is 12.2. The lowest BCUT2D eigenvalue weighted by Crippen LogP contribution is -2.46. The van der Waals surface area contributed by atoms with Gasteiger partial charge < -0.3 is 15.3 Å². The molecule has 5 heteroatoms. The van der Waals surface area contributed by atoms with Gasteiger partial charge in [0.25, 0.3) is 0 Å². The average molecular weight is 278 g/mol. The van der Waals surface area contributed by atoms with Crippen molar-refractivity contribution in [3.8, 4) is 5.75 Å². The zero-order valence-electron chi connectivity index (χ0n) is 12.2. The van der Waals surface area contributed by atoms with Gasteiger partial charge in [0.1, 0.15) is 11.8 Å². The summed E-state index contributed by atoms with van der Waals surface area (Å²) in [7, 11) is 1.69. The van der Waals surface area contributed by atoms with Crippen LogP contribution in [0.1, 0.15) is 32.3 Å². The van der Waals surface area contributed by atoms with Crippen LogP contribution in [0.2, 0.25) is 0 Å². The van der Waals surface area contributed by atoms with Gasteiger partial charge in [-0.15, -0.1) is 0 Å². The molecule has 0 bridgehead atoms. The summed E-state index contributed by atoms with van der Waals surface area (Å²) >= 11 is 0. The maximum Gasteiger partial charge on any atom is 0.245 e. The fourth-order valence-electron chi connectivity index (χ4n) is 2.06. The highest BCUT2D eigenvalue weighted by atomic mass is 16.3. The molecule has 2 amide bonds. The molecule has 0 heterocycles. The predicted molar refractivity (Wildman–Crippen MR) is 77.1 cm³/mol. The van der Waals surface area contributed by atoms with Gasteiger partial charge >= 0.3 is 0 Å². The number of nitrogens with zero attached hydrogens (tertiary/aromatic N) is 1. The van der Waals surface area contributed by atoms with Gasteiger partial charge in [-0.3, -0.25) is 9.59 Å². The smallest absolute Gasteiger partial charge is 0.245 e. The molecule has 110 valence electrons. The second-order valence-corrected chi connectivity index (χ2v) is 4.91. The number of phenols is 1. The molecule has 0 aliphatic rings. The molecule has 0 spiro atoms. The van der Waals surface area contributed by atoms with Crippen LogP contribution in [0.4, 0.5) is 0 Å². The Morgan fingerprint density at radius 2 is 2.10 bits per heavy atom. The van der Waals surface area contributed by atoms with Gasteiger partial charge in [-0.05, 0) is 24.1 Å². The van der Waals surface area contributed by atoms with Crippen molar-refractivity contribution in [3.63, 3.8) is 0 Å². The molecule has 0 aliphatic heterocycles. The summed E-state index contributed by atoms with van der Waals surface area (Å²) in [4.78, 5) is 25.0. The van der Waals surface area contributed by atoms with Crippen molar-refractivity contribution in [2.45, 2.75) is 39.3 Å². The van der Waals surface area contributed by atoms with Gasteiger partial charge in [0, 0.05) is 20.5 Å². The van der Waals surface area contributed by atoms with Crippen molar-refractivity contribution < 1.29 is 14.7 Å². The standard InChI is InChI=1S/C15H22N2O3/c1-4-6-14(16-11(2)18)15(20)17(3)10-12-7-5-8-13(19)9-12/h5,7-9,14,19H,4,6,10H2,1-3H3,(H,16,18)/t14-/m1/s1. The molecule has 5 nitrogen and oxygen atoms in total. The summed E-state index contributed by atoms with van der Waals surface area (Å²) in [6.07, 6.45) is 1.43. The van der Waals surface area contributed by atoms with Crippen molar-refractivity contribution in [2.75, 3.05) is 7.05 Å². The first-order valence-electron chi connectivity index (χ1n) is 6.74. The molecule has 0 aromatic heterocycles. The summed E-state index contributed by atoms with van der Waals surface area (Å²) in [5, 5.41) is 12.1. The van der Waals surface area contributed by atoms with Crippen LogP contribution in [0.15, 0.2) is 24.3 Å². The number of hydrogen-bond acceptors (Lipinski definition) is 3. The van der Waals surface area contributed by atoms with E-state index in [4.69, 9.17) is 0 Å². The van der Waals surface area contributed by atoms with Crippen LogP contribution in [0.5, 0.6) is 5.75 Å². The highest BCUT2D eigenvalue weighted by Crippen LogP contribution is 2.13. The van der Waals surface area contributed by atoms with Crippen molar-refractivity contribution in [1.82, 2.24) is 10.2 Å². The Morgan fingerprint density at radius 3 is 2.65 bits per heavy atom. The van der Waals surface area contributed by atoms with Gasteiger partial charge in [0.2, 0.25) is 11.8 Å². The van der Waals surface area contributed by atoms with E-state index in [1.165, 1.54) is 6.92 Å². The molecular formula is C15H22N2O3. The number of nitrogens with one attached hydrogen (secondary N) is 1. The summed E-state index contributed by atoms with van der Waals surface area (Å²) in [5.74, 6) is -0.150. The number of hydrogen-bond donors (Lipinski definition) is 2. The highest BCUT2D eigenvalue weighted by molar-refractivity contribution is 5.86. The molecule has 1 atom stereocenters. The Balaban J connectivity index is 2.70. The third-order valence-corrected chi connectivity index (χ3v) is 2.96. The monoisotopic (exact) mass is 278 g/mol. The molecule has 1 rings (SSSR count). The first kappa shape index (κ1) is 16.0. The fraction of sp³-hybridized carbons (Fsp3) is 0.467. The van der Waals surface area contributed by atoms with Gasteiger partial charge in [0.05, 0.1) is 0 Å². The largest absolute Gasteiger partial charge is 0.508 e. The van der Waals surface area contributed by atoms with E-state index < -0.39 is 6.04 Å². The minimum atomic E-state index is -0.486. The van der Waals surface area contributed by atoms with Crippen LogP contribution in [-0.4, -0.2) is 34.9 Å². The van der Waals surface area contributed by atoms with E-state index >= 15 is 0 Å². The van der Waals surface area contributed by atoms with Gasteiger partial charge in [0.15, 0.2) is 0 Å². The summed E-state index contributed by atoms with van der Waals surface area (Å²) < 4.78 is 0. The van der Waals surface area contributed by atoms with E-state index in [0.29, 0.717) is 13.0 Å². The van der Waals surface area contributed by atoms with E-state index in [1.807, 2.05) is 13.0 Å². The molecule has 0 unspecified atom stereocenters. The number of carbonyl (C=O) groups excluding carboxylic acids is 2. The number of amides is 2. The number of phenolic OH excluding ortho intramolecular Hbond substituents is 1. The highest BCUT2D eigenvalue weighted by Gasteiger charge is 2.22. The van der Waals surface area contributed by atoms with Crippen LogP contribution in [0, 0.1) is 0 Å². The lowest BCUT2D eigenvalue weighted by molar-refractivity contribution is -0.135. The first-order chi connectivity index (χ1) is 9.43. The van der Waals surface area contributed by atoms with Crippen molar-refractivity contribution in [1.29, 1.82) is 0 Å². The Morgan fingerprint density at radius 1 is 1.40 bits per heavy atom. The molecule has 1 aromatic rings. The number of rotatable bonds is 6. The second kappa shape index (κ2) is 7.53. The SMILES string of the molecule is CCC[C@@H](NC(C)=O)C(=O)N(C)Cc1cccc(O)c1. The molecule has 20 heavy (non-hydrogen) atoms. The van der Waals surface area contributed by atoms with Crippen molar-refractivity contribution in [3.05, 3.63) is 29.8 Å². The molecule has 0 fully saturated rings. The lowest BCUT2D eigenvalue weighted by Gasteiger charge is -2.24. The molecule has 1 aromatic carbocycles. The number of carbonyl (C=O) groups is 2. The normalized spacial score (nSPS) is 11.8.